The van der Waals surface area contributed by atoms with E-state index in [1.54, 1.807) is 16.2 Å². The van der Waals surface area contributed by atoms with E-state index >= 15 is 0 Å². The number of carbonyl (C=O) groups is 2. The van der Waals surface area contributed by atoms with Gasteiger partial charge < -0.3 is 10.2 Å². The minimum absolute atomic E-state index is 0.00955. The predicted molar refractivity (Wildman–Crippen MR) is 108 cm³/mol. The molecule has 1 aromatic heterocycles. The fourth-order valence-corrected chi connectivity index (χ4v) is 4.67. The number of aromatic nitrogens is 1. The fraction of sp³-hybridized carbons (Fsp3) is 0.286. The Morgan fingerprint density at radius 3 is 2.64 bits per heavy atom. The van der Waals surface area contributed by atoms with Gasteiger partial charge in [-0.1, -0.05) is 12.1 Å². The van der Waals surface area contributed by atoms with Gasteiger partial charge in [-0.15, -0.1) is 11.3 Å². The molecule has 3 aromatic rings. The summed E-state index contributed by atoms with van der Waals surface area (Å²) >= 11 is 1.71. The van der Waals surface area contributed by atoms with Crippen LogP contribution >= 0.6 is 11.3 Å². The number of piperidine rings is 1. The summed E-state index contributed by atoms with van der Waals surface area (Å²) in [5.74, 6) is -0.862. The van der Waals surface area contributed by atoms with Gasteiger partial charge in [0.05, 0.1) is 20.8 Å². The molecule has 1 aliphatic heterocycles. The average Bonchev–Trinajstić information content (AvgIpc) is 3.13. The molecule has 2 aromatic carbocycles. The molecule has 4 rings (SSSR count). The van der Waals surface area contributed by atoms with Crippen LogP contribution in [0.5, 0.6) is 0 Å². The zero-order chi connectivity index (χ0) is 19.7. The standard InChI is InChI=1S/C21H20FN3O2S/c1-13(26)23-15-6-7-17(22)16(12-15)21(27)25-10-8-14(9-11-25)20-24-18-4-2-3-5-19(18)28-20/h2-7,12,14H,8-11H2,1H3,(H,23,26). The van der Waals surface area contributed by atoms with Crippen LogP contribution < -0.4 is 5.32 Å². The number of anilines is 1. The first-order valence-corrected chi connectivity index (χ1v) is 10.0. The van der Waals surface area contributed by atoms with Crippen molar-refractivity contribution < 1.29 is 14.0 Å². The summed E-state index contributed by atoms with van der Waals surface area (Å²) in [7, 11) is 0. The molecule has 0 radical (unpaired) electrons. The number of hydrogen-bond acceptors (Lipinski definition) is 4. The Hall–Kier alpha value is -2.80. The first-order chi connectivity index (χ1) is 13.5. The lowest BCUT2D eigenvalue weighted by Crippen LogP contribution is -2.38. The van der Waals surface area contributed by atoms with Crippen molar-refractivity contribution in [3.63, 3.8) is 0 Å². The molecular formula is C21H20FN3O2S. The Kier molecular flexibility index (Phi) is 5.09. The second-order valence-electron chi connectivity index (χ2n) is 6.96. The molecule has 1 aliphatic rings. The van der Waals surface area contributed by atoms with E-state index < -0.39 is 5.82 Å². The van der Waals surface area contributed by atoms with Gasteiger partial charge in [-0.25, -0.2) is 9.37 Å². The predicted octanol–water partition coefficient (Wildman–Crippen LogP) is 4.41. The summed E-state index contributed by atoms with van der Waals surface area (Å²) in [6, 6.07) is 12.1. The minimum Gasteiger partial charge on any atom is -0.339 e. The second-order valence-corrected chi connectivity index (χ2v) is 8.02. The van der Waals surface area contributed by atoms with Gasteiger partial charge in [-0.05, 0) is 43.2 Å². The Balaban J connectivity index is 1.46. The molecule has 0 aliphatic carbocycles. The third kappa shape index (κ3) is 3.75. The first kappa shape index (κ1) is 18.6. The fourth-order valence-electron chi connectivity index (χ4n) is 3.53. The van der Waals surface area contributed by atoms with E-state index in [2.05, 4.69) is 11.4 Å². The molecule has 0 saturated carbocycles. The number of para-hydroxylation sites is 1. The molecule has 0 atom stereocenters. The maximum absolute atomic E-state index is 14.2. The van der Waals surface area contributed by atoms with Crippen molar-refractivity contribution >= 4 is 39.1 Å². The molecule has 0 spiro atoms. The number of benzene rings is 2. The van der Waals surface area contributed by atoms with Crippen LogP contribution in [0.15, 0.2) is 42.5 Å². The summed E-state index contributed by atoms with van der Waals surface area (Å²) < 4.78 is 15.4. The molecule has 2 heterocycles. The monoisotopic (exact) mass is 397 g/mol. The van der Waals surface area contributed by atoms with Gasteiger partial charge in [0.15, 0.2) is 0 Å². The van der Waals surface area contributed by atoms with E-state index in [-0.39, 0.29) is 17.4 Å². The van der Waals surface area contributed by atoms with Crippen molar-refractivity contribution in [1.29, 1.82) is 0 Å². The van der Waals surface area contributed by atoms with Gasteiger partial charge in [0.1, 0.15) is 5.82 Å². The largest absolute Gasteiger partial charge is 0.339 e. The normalized spacial score (nSPS) is 15.0. The quantitative estimate of drug-likeness (QED) is 0.712. The number of nitrogens with one attached hydrogen (secondary N) is 1. The highest BCUT2D eigenvalue weighted by Crippen LogP contribution is 2.34. The number of halogens is 1. The number of thiazole rings is 1. The number of nitrogens with zero attached hydrogens (tertiary/aromatic N) is 2. The van der Waals surface area contributed by atoms with Crippen molar-refractivity contribution in [2.75, 3.05) is 18.4 Å². The van der Waals surface area contributed by atoms with Crippen molar-refractivity contribution in [3.05, 3.63) is 58.9 Å². The number of hydrogen-bond donors (Lipinski definition) is 1. The zero-order valence-electron chi connectivity index (χ0n) is 15.4. The number of rotatable bonds is 3. The van der Waals surface area contributed by atoms with Crippen molar-refractivity contribution in [3.8, 4) is 0 Å². The lowest BCUT2D eigenvalue weighted by molar-refractivity contribution is -0.114. The molecule has 144 valence electrons. The van der Waals surface area contributed by atoms with Crippen LogP contribution in [0, 0.1) is 5.82 Å². The lowest BCUT2D eigenvalue weighted by Gasteiger charge is -2.31. The summed E-state index contributed by atoms with van der Waals surface area (Å²) in [5, 5.41) is 3.69. The molecule has 1 fully saturated rings. The van der Waals surface area contributed by atoms with Crippen LogP contribution in [0.2, 0.25) is 0 Å². The van der Waals surface area contributed by atoms with E-state index in [0.29, 0.717) is 24.7 Å². The van der Waals surface area contributed by atoms with E-state index in [1.165, 1.54) is 29.8 Å². The van der Waals surface area contributed by atoms with Crippen LogP contribution in [0.25, 0.3) is 10.2 Å². The SMILES string of the molecule is CC(=O)Nc1ccc(F)c(C(=O)N2CCC(c3nc4ccccc4s3)CC2)c1. The van der Waals surface area contributed by atoms with Gasteiger partial charge in [0, 0.05) is 31.6 Å². The number of fused-ring (bicyclic) bond motifs is 1. The summed E-state index contributed by atoms with van der Waals surface area (Å²) in [4.78, 5) is 30.4. The minimum atomic E-state index is -0.576. The summed E-state index contributed by atoms with van der Waals surface area (Å²) in [6.45, 7) is 2.49. The Morgan fingerprint density at radius 1 is 1.18 bits per heavy atom. The number of amides is 2. The Bertz CT molecular complexity index is 1010. The second kappa shape index (κ2) is 7.67. The highest BCUT2D eigenvalue weighted by atomic mass is 32.1. The molecule has 5 nitrogen and oxygen atoms in total. The topological polar surface area (TPSA) is 62.3 Å². The third-order valence-electron chi connectivity index (χ3n) is 4.96. The third-order valence-corrected chi connectivity index (χ3v) is 6.16. The maximum Gasteiger partial charge on any atom is 0.256 e. The van der Waals surface area contributed by atoms with Gasteiger partial charge in [0.2, 0.25) is 5.91 Å². The van der Waals surface area contributed by atoms with Gasteiger partial charge in [-0.3, -0.25) is 9.59 Å². The highest BCUT2D eigenvalue weighted by Gasteiger charge is 2.28. The molecule has 28 heavy (non-hydrogen) atoms. The van der Waals surface area contributed by atoms with Crippen LogP contribution in [-0.2, 0) is 4.79 Å². The van der Waals surface area contributed by atoms with E-state index in [9.17, 15) is 14.0 Å². The number of carbonyl (C=O) groups excluding carboxylic acids is 2. The smallest absolute Gasteiger partial charge is 0.256 e. The molecule has 1 N–H and O–H groups in total. The Morgan fingerprint density at radius 2 is 1.93 bits per heavy atom. The highest BCUT2D eigenvalue weighted by molar-refractivity contribution is 7.18. The molecule has 1 saturated heterocycles. The van der Waals surface area contributed by atoms with Crippen LogP contribution in [-0.4, -0.2) is 34.8 Å². The van der Waals surface area contributed by atoms with Gasteiger partial charge >= 0.3 is 0 Å². The maximum atomic E-state index is 14.2. The van der Waals surface area contributed by atoms with Crippen molar-refractivity contribution in [2.24, 2.45) is 0 Å². The van der Waals surface area contributed by atoms with Crippen molar-refractivity contribution in [1.82, 2.24) is 9.88 Å². The number of likely N-dealkylation sites (tertiary alicyclic amines) is 1. The molecule has 0 bridgehead atoms. The molecule has 7 heteroatoms. The molecular weight excluding hydrogens is 377 g/mol. The molecule has 2 amide bonds. The van der Waals surface area contributed by atoms with E-state index in [0.717, 1.165) is 23.4 Å². The summed E-state index contributed by atoms with van der Waals surface area (Å²) in [5.41, 5.74) is 1.42. The lowest BCUT2D eigenvalue weighted by atomic mass is 9.97. The Labute approximate surface area is 166 Å². The van der Waals surface area contributed by atoms with Crippen LogP contribution in [0.3, 0.4) is 0 Å². The van der Waals surface area contributed by atoms with E-state index in [4.69, 9.17) is 4.98 Å². The summed E-state index contributed by atoms with van der Waals surface area (Å²) in [6.07, 6.45) is 1.61. The van der Waals surface area contributed by atoms with Crippen LogP contribution in [0.1, 0.15) is 41.0 Å². The van der Waals surface area contributed by atoms with E-state index in [1.807, 2.05) is 18.2 Å². The molecule has 0 unspecified atom stereocenters. The van der Waals surface area contributed by atoms with Gasteiger partial charge in [-0.2, -0.15) is 0 Å². The van der Waals surface area contributed by atoms with Crippen LogP contribution in [0.4, 0.5) is 10.1 Å². The van der Waals surface area contributed by atoms with Gasteiger partial charge in [0.25, 0.3) is 5.91 Å². The first-order valence-electron chi connectivity index (χ1n) is 9.23. The zero-order valence-corrected chi connectivity index (χ0v) is 16.3. The van der Waals surface area contributed by atoms with Crippen molar-refractivity contribution in [2.45, 2.75) is 25.7 Å². The average molecular weight is 397 g/mol.